The molecule has 4 nitrogen and oxygen atoms in total. The van der Waals surface area contributed by atoms with Crippen LogP contribution in [-0.4, -0.2) is 10.9 Å². The molecule has 3 N–H and O–H groups in total. The van der Waals surface area contributed by atoms with E-state index in [9.17, 15) is 9.59 Å². The van der Waals surface area contributed by atoms with Crippen LogP contribution >= 0.6 is 0 Å². The highest BCUT2D eigenvalue weighted by Crippen LogP contribution is 2.16. The fraction of sp³-hybridized carbons (Fsp3) is 0.0909. The van der Waals surface area contributed by atoms with Crippen LogP contribution in [0.15, 0.2) is 29.1 Å². The molecule has 1 amide bonds. The van der Waals surface area contributed by atoms with Gasteiger partial charge in [-0.2, -0.15) is 0 Å². The maximum absolute atomic E-state index is 11.2. The van der Waals surface area contributed by atoms with E-state index in [1.807, 2.05) is 19.1 Å². The van der Waals surface area contributed by atoms with Crippen LogP contribution in [0.1, 0.15) is 15.9 Å². The number of aromatic amines is 1. The number of primary amides is 1. The van der Waals surface area contributed by atoms with Crippen LogP contribution in [0.2, 0.25) is 0 Å². The second-order valence-electron chi connectivity index (χ2n) is 3.46. The lowest BCUT2D eigenvalue weighted by Gasteiger charge is -2.03. The Morgan fingerprint density at radius 3 is 2.73 bits per heavy atom. The molecule has 0 aliphatic heterocycles. The molecule has 0 saturated carbocycles. The number of aryl methyl sites for hydroxylation is 1. The largest absolute Gasteiger partial charge is 0.366 e. The second kappa shape index (κ2) is 3.24. The molecular formula is C11H10N2O2. The van der Waals surface area contributed by atoms with Gasteiger partial charge in [-0.3, -0.25) is 9.59 Å². The Kier molecular flexibility index (Phi) is 2.04. The average molecular weight is 202 g/mol. The van der Waals surface area contributed by atoms with E-state index in [2.05, 4.69) is 4.98 Å². The molecule has 0 spiro atoms. The maximum atomic E-state index is 11.2. The lowest BCUT2D eigenvalue weighted by molar-refractivity contribution is 0.100. The van der Waals surface area contributed by atoms with E-state index in [0.717, 1.165) is 5.56 Å². The predicted molar refractivity (Wildman–Crippen MR) is 57.8 cm³/mol. The second-order valence-corrected chi connectivity index (χ2v) is 3.46. The van der Waals surface area contributed by atoms with E-state index in [1.165, 1.54) is 6.07 Å². The van der Waals surface area contributed by atoms with Crippen molar-refractivity contribution in [1.29, 1.82) is 0 Å². The van der Waals surface area contributed by atoms with Crippen molar-refractivity contribution in [3.63, 3.8) is 0 Å². The summed E-state index contributed by atoms with van der Waals surface area (Å²) >= 11 is 0. The van der Waals surface area contributed by atoms with Gasteiger partial charge in [0.15, 0.2) is 0 Å². The summed E-state index contributed by atoms with van der Waals surface area (Å²) in [6.45, 7) is 1.91. The fourth-order valence-electron chi connectivity index (χ4n) is 1.57. The molecule has 1 aromatic heterocycles. The number of nitrogens with two attached hydrogens (primary N) is 1. The van der Waals surface area contributed by atoms with Gasteiger partial charge in [0.2, 0.25) is 11.5 Å². The predicted octanol–water partition coefficient (Wildman–Crippen LogP) is 0.935. The average Bonchev–Trinajstić information content (AvgIpc) is 2.17. The molecule has 76 valence electrons. The Morgan fingerprint density at radius 2 is 2.07 bits per heavy atom. The number of pyridine rings is 1. The molecule has 4 heteroatoms. The van der Waals surface area contributed by atoms with Crippen LogP contribution in [-0.2, 0) is 0 Å². The first-order valence-electron chi connectivity index (χ1n) is 4.51. The highest BCUT2D eigenvalue weighted by molar-refractivity contribution is 6.05. The van der Waals surface area contributed by atoms with Gasteiger partial charge in [-0.15, -0.1) is 0 Å². The minimum absolute atomic E-state index is 0.262. The highest BCUT2D eigenvalue weighted by atomic mass is 16.1. The van der Waals surface area contributed by atoms with Gasteiger partial charge >= 0.3 is 0 Å². The van der Waals surface area contributed by atoms with Crippen LogP contribution in [0, 0.1) is 6.92 Å². The van der Waals surface area contributed by atoms with E-state index in [4.69, 9.17) is 5.73 Å². The lowest BCUT2D eigenvalue weighted by atomic mass is 10.1. The van der Waals surface area contributed by atoms with Crippen molar-refractivity contribution < 1.29 is 4.79 Å². The lowest BCUT2D eigenvalue weighted by Crippen LogP contribution is -2.16. The number of nitrogens with one attached hydrogen (secondary N) is 1. The Hall–Kier alpha value is -2.10. The SMILES string of the molecule is Cc1ccc2[nH]c(=O)cc(C(N)=O)c2c1. The van der Waals surface area contributed by atoms with E-state index in [-0.39, 0.29) is 11.1 Å². The normalized spacial score (nSPS) is 10.5. The summed E-state index contributed by atoms with van der Waals surface area (Å²) < 4.78 is 0. The molecule has 0 fully saturated rings. The third kappa shape index (κ3) is 1.61. The van der Waals surface area contributed by atoms with Gasteiger partial charge in [-0.05, 0) is 19.1 Å². The molecule has 15 heavy (non-hydrogen) atoms. The number of hydrogen-bond acceptors (Lipinski definition) is 2. The van der Waals surface area contributed by atoms with Crippen molar-refractivity contribution in [2.75, 3.05) is 0 Å². The number of benzene rings is 1. The maximum Gasteiger partial charge on any atom is 0.249 e. The van der Waals surface area contributed by atoms with Gasteiger partial charge in [0.05, 0.1) is 5.56 Å². The zero-order valence-electron chi connectivity index (χ0n) is 8.20. The number of aromatic nitrogens is 1. The molecular weight excluding hydrogens is 192 g/mol. The summed E-state index contributed by atoms with van der Waals surface area (Å²) in [5, 5.41) is 0.683. The molecule has 0 unspecified atom stereocenters. The van der Waals surface area contributed by atoms with Crippen molar-refractivity contribution in [2.24, 2.45) is 5.73 Å². The zero-order valence-corrected chi connectivity index (χ0v) is 8.20. The number of carbonyl (C=O) groups excluding carboxylic acids is 1. The van der Waals surface area contributed by atoms with E-state index < -0.39 is 5.91 Å². The molecule has 0 aliphatic rings. The van der Waals surface area contributed by atoms with Gasteiger partial charge in [-0.1, -0.05) is 11.6 Å². The van der Waals surface area contributed by atoms with Crippen LogP contribution in [0.5, 0.6) is 0 Å². The summed E-state index contributed by atoms with van der Waals surface area (Å²) in [5.74, 6) is -0.586. The van der Waals surface area contributed by atoms with Crippen LogP contribution in [0.4, 0.5) is 0 Å². The topological polar surface area (TPSA) is 75.9 Å². The number of carbonyl (C=O) groups is 1. The minimum atomic E-state index is -0.586. The Bertz CT molecular complexity index is 599. The molecule has 0 aliphatic carbocycles. The third-order valence-corrected chi connectivity index (χ3v) is 2.26. The smallest absolute Gasteiger partial charge is 0.249 e. The highest BCUT2D eigenvalue weighted by Gasteiger charge is 2.08. The first-order chi connectivity index (χ1) is 7.08. The van der Waals surface area contributed by atoms with Crippen molar-refractivity contribution in [3.05, 3.63) is 45.7 Å². The molecule has 0 bridgehead atoms. The first kappa shape index (κ1) is 9.45. The molecule has 1 aromatic carbocycles. The number of fused-ring (bicyclic) bond motifs is 1. The van der Waals surface area contributed by atoms with Gasteiger partial charge in [0, 0.05) is 17.0 Å². The number of H-pyrrole nitrogens is 1. The molecule has 1 heterocycles. The van der Waals surface area contributed by atoms with E-state index >= 15 is 0 Å². The summed E-state index contributed by atoms with van der Waals surface area (Å²) in [4.78, 5) is 25.0. The monoisotopic (exact) mass is 202 g/mol. The fourth-order valence-corrected chi connectivity index (χ4v) is 1.57. The van der Waals surface area contributed by atoms with Crippen molar-refractivity contribution in [1.82, 2.24) is 4.98 Å². The number of hydrogen-bond donors (Lipinski definition) is 2. The third-order valence-electron chi connectivity index (χ3n) is 2.26. The summed E-state index contributed by atoms with van der Waals surface area (Å²) in [7, 11) is 0. The molecule has 0 atom stereocenters. The summed E-state index contributed by atoms with van der Waals surface area (Å²) in [6.07, 6.45) is 0. The Morgan fingerprint density at radius 1 is 1.33 bits per heavy atom. The minimum Gasteiger partial charge on any atom is -0.366 e. The molecule has 2 aromatic rings. The Labute approximate surface area is 85.7 Å². The number of rotatable bonds is 1. The van der Waals surface area contributed by atoms with Gasteiger partial charge in [0.1, 0.15) is 0 Å². The molecule has 2 rings (SSSR count). The Balaban J connectivity index is 2.94. The zero-order chi connectivity index (χ0) is 11.0. The van der Waals surface area contributed by atoms with Crippen molar-refractivity contribution in [2.45, 2.75) is 6.92 Å². The van der Waals surface area contributed by atoms with Gasteiger partial charge < -0.3 is 10.7 Å². The van der Waals surface area contributed by atoms with E-state index in [1.54, 1.807) is 6.07 Å². The molecule has 0 radical (unpaired) electrons. The van der Waals surface area contributed by atoms with Crippen molar-refractivity contribution >= 4 is 16.8 Å². The quantitative estimate of drug-likeness (QED) is 0.721. The summed E-state index contributed by atoms with van der Waals surface area (Å²) in [6, 6.07) is 6.68. The van der Waals surface area contributed by atoms with Crippen LogP contribution in [0.3, 0.4) is 0 Å². The van der Waals surface area contributed by atoms with Crippen LogP contribution in [0.25, 0.3) is 10.9 Å². The van der Waals surface area contributed by atoms with Crippen molar-refractivity contribution in [3.8, 4) is 0 Å². The first-order valence-corrected chi connectivity index (χ1v) is 4.51. The van der Waals surface area contributed by atoms with E-state index in [0.29, 0.717) is 10.9 Å². The number of amides is 1. The molecule has 0 saturated heterocycles. The van der Waals surface area contributed by atoms with Gasteiger partial charge in [-0.25, -0.2) is 0 Å². The standard InChI is InChI=1S/C11H10N2O2/c1-6-2-3-9-7(4-6)8(11(12)15)5-10(14)13-9/h2-5H,1H3,(H2,12,15)(H,13,14). The van der Waals surface area contributed by atoms with Crippen LogP contribution < -0.4 is 11.3 Å². The summed E-state index contributed by atoms with van der Waals surface area (Å²) in [5.41, 5.74) is 6.79. The van der Waals surface area contributed by atoms with Gasteiger partial charge in [0.25, 0.3) is 0 Å².